The second-order valence-corrected chi connectivity index (χ2v) is 9.81. The van der Waals surface area contributed by atoms with Gasteiger partial charge in [-0.05, 0) is 79.1 Å². The fourth-order valence-electron chi connectivity index (χ4n) is 4.95. The Kier molecular flexibility index (Phi) is 13.4. The van der Waals surface area contributed by atoms with E-state index < -0.39 is 6.10 Å². The Bertz CT molecular complexity index is 1150. The molecule has 3 aromatic rings. The summed E-state index contributed by atoms with van der Waals surface area (Å²) in [7, 11) is 0. The maximum absolute atomic E-state index is 11.8. The van der Waals surface area contributed by atoms with E-state index in [4.69, 9.17) is 16.3 Å². The molecule has 38 heavy (non-hydrogen) atoms. The molecule has 0 amide bonds. The van der Waals surface area contributed by atoms with Gasteiger partial charge in [0.25, 0.3) is 0 Å². The monoisotopic (exact) mass is 578 g/mol. The summed E-state index contributed by atoms with van der Waals surface area (Å²) in [5.74, 6) is -0.255. The minimum Gasteiger partial charge on any atom is -0.465 e. The van der Waals surface area contributed by atoms with E-state index >= 15 is 0 Å². The number of halogens is 3. The molecule has 1 unspecified atom stereocenters. The zero-order valence-electron chi connectivity index (χ0n) is 21.6. The Hall–Kier alpha value is -2.28. The van der Waals surface area contributed by atoms with Gasteiger partial charge in [0.1, 0.15) is 6.54 Å². The molecule has 1 aliphatic carbocycles. The third-order valence-corrected chi connectivity index (χ3v) is 7.01. The van der Waals surface area contributed by atoms with Crippen LogP contribution in [0.25, 0.3) is 0 Å². The van der Waals surface area contributed by atoms with Gasteiger partial charge in [-0.15, -0.1) is 24.8 Å². The summed E-state index contributed by atoms with van der Waals surface area (Å²) in [6.45, 7) is 3.63. The molecule has 0 saturated heterocycles. The maximum Gasteiger partial charge on any atom is 0.325 e. The second kappa shape index (κ2) is 16.0. The van der Waals surface area contributed by atoms with Crippen LogP contribution in [0, 0.1) is 0 Å². The molecular formula is C30H37Cl3N2O3. The molecule has 0 fully saturated rings. The highest BCUT2D eigenvalue weighted by atomic mass is 35.5. The van der Waals surface area contributed by atoms with Crippen molar-refractivity contribution < 1.29 is 14.6 Å². The van der Waals surface area contributed by atoms with Crippen molar-refractivity contribution in [2.24, 2.45) is 0 Å². The van der Waals surface area contributed by atoms with Gasteiger partial charge >= 0.3 is 5.97 Å². The number of esters is 1. The predicted molar refractivity (Wildman–Crippen MR) is 160 cm³/mol. The number of benzene rings is 3. The zero-order chi connectivity index (χ0) is 25.3. The Balaban J connectivity index is 0.00000253. The van der Waals surface area contributed by atoms with Crippen LogP contribution in [0.5, 0.6) is 0 Å². The van der Waals surface area contributed by atoms with Crippen LogP contribution in [-0.4, -0.2) is 41.7 Å². The van der Waals surface area contributed by atoms with Gasteiger partial charge in [-0.2, -0.15) is 0 Å². The van der Waals surface area contributed by atoms with Crippen LogP contribution in [0.3, 0.4) is 0 Å². The van der Waals surface area contributed by atoms with E-state index in [1.165, 1.54) is 16.7 Å². The quantitative estimate of drug-likeness (QED) is 0.208. The van der Waals surface area contributed by atoms with E-state index in [1.54, 1.807) is 0 Å². The van der Waals surface area contributed by atoms with Gasteiger partial charge < -0.3 is 15.2 Å². The summed E-state index contributed by atoms with van der Waals surface area (Å²) in [5, 5.41) is 15.0. The van der Waals surface area contributed by atoms with E-state index in [-0.39, 0.29) is 43.4 Å². The average Bonchev–Trinajstić information content (AvgIpc) is 3.10. The highest BCUT2D eigenvalue weighted by molar-refractivity contribution is 6.30. The number of ether oxygens (including phenoxy) is 1. The van der Waals surface area contributed by atoms with Gasteiger partial charge in [-0.3, -0.25) is 9.69 Å². The van der Waals surface area contributed by atoms with Gasteiger partial charge in [0, 0.05) is 29.8 Å². The number of aliphatic hydroxyl groups excluding tert-OH is 1. The fraction of sp³-hybridized carbons (Fsp3) is 0.367. The van der Waals surface area contributed by atoms with Gasteiger partial charge in [0.15, 0.2) is 0 Å². The number of carbonyl (C=O) groups excluding carboxylic acids is 1. The normalized spacial score (nSPS) is 15.3. The highest BCUT2D eigenvalue weighted by Gasteiger charge is 2.26. The van der Waals surface area contributed by atoms with Crippen molar-refractivity contribution in [1.29, 1.82) is 0 Å². The number of nitrogens with one attached hydrogen (secondary N) is 1. The Morgan fingerprint density at radius 2 is 1.87 bits per heavy atom. The molecule has 1 aliphatic rings. The smallest absolute Gasteiger partial charge is 0.325 e. The molecule has 0 bridgehead atoms. The molecule has 4 rings (SSSR count). The number of aryl methyl sites for hydroxylation is 1. The number of rotatable bonds is 10. The van der Waals surface area contributed by atoms with Crippen LogP contribution < -0.4 is 5.32 Å². The number of aliphatic hydroxyl groups is 1. The van der Waals surface area contributed by atoms with E-state index in [0.717, 1.165) is 43.5 Å². The minimum absolute atomic E-state index is 0. The number of hydrogen-bond acceptors (Lipinski definition) is 5. The minimum atomic E-state index is -0.632. The third-order valence-electron chi connectivity index (χ3n) is 6.77. The summed E-state index contributed by atoms with van der Waals surface area (Å²) in [6.07, 6.45) is 3.42. The summed E-state index contributed by atoms with van der Waals surface area (Å²) >= 11 is 6.20. The molecule has 206 valence electrons. The van der Waals surface area contributed by atoms with Crippen LogP contribution in [-0.2, 0) is 28.9 Å². The first-order chi connectivity index (χ1) is 17.5. The Labute approximate surface area is 243 Å². The number of fused-ring (bicyclic) bond motifs is 1. The molecule has 0 aromatic heterocycles. The summed E-state index contributed by atoms with van der Waals surface area (Å²) in [6, 6.07) is 24.6. The fourth-order valence-corrected chi connectivity index (χ4v) is 5.15. The topological polar surface area (TPSA) is 61.8 Å². The summed E-state index contributed by atoms with van der Waals surface area (Å²) in [4.78, 5) is 14.2. The average molecular weight is 580 g/mol. The van der Waals surface area contributed by atoms with E-state index in [1.807, 2.05) is 43.3 Å². The summed E-state index contributed by atoms with van der Waals surface area (Å²) in [5.41, 5.74) is 5.64. The van der Waals surface area contributed by atoms with Gasteiger partial charge in [0.2, 0.25) is 0 Å². The highest BCUT2D eigenvalue weighted by Crippen LogP contribution is 2.29. The lowest BCUT2D eigenvalue weighted by atomic mass is 9.99. The molecule has 3 aromatic carbocycles. The third kappa shape index (κ3) is 9.18. The van der Waals surface area contributed by atoms with Crippen molar-refractivity contribution in [2.75, 3.05) is 25.0 Å². The van der Waals surface area contributed by atoms with Crippen molar-refractivity contribution in [2.45, 2.75) is 51.3 Å². The van der Waals surface area contributed by atoms with E-state index in [0.29, 0.717) is 18.2 Å². The standard InChI is InChI=1S/C30H35ClN2O3.2ClH/c1-2-36-30(35)19-32-27-15-14-23-10-7-13-28(18-25(23)17-27)33(20-22-8-4-3-5-9-22)21-29(34)24-11-6-12-26(31)16-24;;/h3-6,8-9,11-12,14-17,28-29,32,34H,2,7,10,13,18-21H2,1H3;2*1H/t28?,29-;;/m0../s1. The number of nitrogens with zero attached hydrogens (tertiary/aromatic N) is 1. The number of carbonyl (C=O) groups is 1. The molecule has 5 nitrogen and oxygen atoms in total. The largest absolute Gasteiger partial charge is 0.465 e. The van der Waals surface area contributed by atoms with Gasteiger partial charge in [-0.25, -0.2) is 0 Å². The molecule has 0 heterocycles. The molecule has 0 saturated carbocycles. The molecule has 0 spiro atoms. The van der Waals surface area contributed by atoms with E-state index in [9.17, 15) is 9.90 Å². The van der Waals surface area contributed by atoms with Crippen molar-refractivity contribution in [3.8, 4) is 0 Å². The lowest BCUT2D eigenvalue weighted by Crippen LogP contribution is -2.39. The Morgan fingerprint density at radius 3 is 2.61 bits per heavy atom. The summed E-state index contributed by atoms with van der Waals surface area (Å²) < 4.78 is 5.04. The number of anilines is 1. The van der Waals surface area contributed by atoms with Crippen LogP contribution in [0.1, 0.15) is 48.1 Å². The maximum atomic E-state index is 11.8. The lowest BCUT2D eigenvalue weighted by molar-refractivity contribution is -0.140. The molecular weight excluding hydrogens is 543 g/mol. The first-order valence-corrected chi connectivity index (χ1v) is 13.1. The van der Waals surface area contributed by atoms with Gasteiger partial charge in [-0.1, -0.05) is 60.1 Å². The van der Waals surface area contributed by atoms with Crippen molar-refractivity contribution in [1.82, 2.24) is 4.90 Å². The first kappa shape index (κ1) is 31.9. The SMILES string of the molecule is CCOC(=O)CNc1ccc2c(c1)CC(N(Cc1ccccc1)C[C@H](O)c1cccc(Cl)c1)CCC2.Cl.Cl. The molecule has 8 heteroatoms. The van der Waals surface area contributed by atoms with Crippen LogP contribution in [0.4, 0.5) is 5.69 Å². The lowest BCUT2D eigenvalue weighted by Gasteiger charge is -2.33. The van der Waals surface area contributed by atoms with E-state index in [2.05, 4.69) is 46.6 Å². The molecule has 0 radical (unpaired) electrons. The van der Waals surface area contributed by atoms with Crippen molar-refractivity contribution in [3.05, 3.63) is 100 Å². The second-order valence-electron chi connectivity index (χ2n) is 9.38. The molecule has 2 N–H and O–H groups in total. The predicted octanol–water partition coefficient (Wildman–Crippen LogP) is 6.64. The molecule has 2 atom stereocenters. The van der Waals surface area contributed by atoms with Crippen molar-refractivity contribution in [3.63, 3.8) is 0 Å². The first-order valence-electron chi connectivity index (χ1n) is 12.7. The molecule has 0 aliphatic heterocycles. The Morgan fingerprint density at radius 1 is 1.08 bits per heavy atom. The van der Waals surface area contributed by atoms with Crippen molar-refractivity contribution >= 4 is 48.1 Å². The van der Waals surface area contributed by atoms with Crippen LogP contribution in [0.2, 0.25) is 5.02 Å². The zero-order valence-corrected chi connectivity index (χ0v) is 24.0. The van der Waals surface area contributed by atoms with Crippen LogP contribution in [0.15, 0.2) is 72.8 Å². The van der Waals surface area contributed by atoms with Crippen LogP contribution >= 0.6 is 36.4 Å². The number of hydrogen-bond donors (Lipinski definition) is 2. The van der Waals surface area contributed by atoms with Gasteiger partial charge in [0.05, 0.1) is 12.7 Å².